The summed E-state index contributed by atoms with van der Waals surface area (Å²) in [5.74, 6) is 6.22. The van der Waals surface area contributed by atoms with E-state index in [2.05, 4.69) is 27.1 Å². The van der Waals surface area contributed by atoms with E-state index in [1.165, 1.54) is 6.92 Å². The summed E-state index contributed by atoms with van der Waals surface area (Å²) >= 11 is 0. The molecule has 1 aromatic heterocycles. The first-order chi connectivity index (χ1) is 7.59. The highest BCUT2D eigenvalue weighted by Gasteiger charge is 1.96. The first-order valence-corrected chi connectivity index (χ1v) is 4.82. The zero-order chi connectivity index (χ0) is 12.0. The number of nitrogens with one attached hydrogen (secondary N) is 1. The molecule has 16 heavy (non-hydrogen) atoms. The minimum Gasteiger partial charge on any atom is -0.347 e. The Bertz CT molecular complexity index is 414. The maximum atomic E-state index is 10.6. The number of carbonyl (C=O) groups is 1. The Kier molecular flexibility index (Phi) is 4.28. The number of aromatic nitrogens is 2. The molecule has 0 fully saturated rings. The number of hydrogen-bond donors (Lipinski definition) is 1. The second-order valence-electron chi connectivity index (χ2n) is 3.38. The van der Waals surface area contributed by atoms with Crippen molar-refractivity contribution in [1.82, 2.24) is 15.3 Å². The number of amides is 1. The highest BCUT2D eigenvalue weighted by atomic mass is 16.1. The summed E-state index contributed by atoms with van der Waals surface area (Å²) in [5.41, 5.74) is 0.732. The highest BCUT2D eigenvalue weighted by Crippen LogP contribution is 2.01. The van der Waals surface area contributed by atoms with E-state index in [1.807, 2.05) is 19.0 Å². The minimum atomic E-state index is -0.0893. The molecule has 1 aromatic rings. The predicted molar refractivity (Wildman–Crippen MR) is 61.9 cm³/mol. The van der Waals surface area contributed by atoms with E-state index in [4.69, 9.17) is 0 Å². The third kappa shape index (κ3) is 3.96. The Morgan fingerprint density at radius 3 is 2.56 bits per heavy atom. The normalized spacial score (nSPS) is 8.94. The third-order valence-corrected chi connectivity index (χ3v) is 1.70. The van der Waals surface area contributed by atoms with E-state index in [0.29, 0.717) is 12.5 Å². The molecular weight excluding hydrogens is 204 g/mol. The smallest absolute Gasteiger partial charge is 0.224 e. The fourth-order valence-corrected chi connectivity index (χ4v) is 0.932. The topological polar surface area (TPSA) is 58.1 Å². The molecule has 1 rings (SSSR count). The van der Waals surface area contributed by atoms with Crippen LogP contribution in [0.25, 0.3) is 0 Å². The first kappa shape index (κ1) is 12.0. The largest absolute Gasteiger partial charge is 0.347 e. The molecule has 0 aliphatic rings. The van der Waals surface area contributed by atoms with Crippen molar-refractivity contribution < 1.29 is 4.79 Å². The summed E-state index contributed by atoms with van der Waals surface area (Å²) in [5, 5.41) is 2.58. The lowest BCUT2D eigenvalue weighted by atomic mass is 10.3. The number of rotatable bonds is 2. The van der Waals surface area contributed by atoms with Crippen LogP contribution in [0.4, 0.5) is 5.95 Å². The van der Waals surface area contributed by atoms with Gasteiger partial charge < -0.3 is 10.2 Å². The Balaban J connectivity index is 2.58. The van der Waals surface area contributed by atoms with Crippen molar-refractivity contribution in [3.05, 3.63) is 18.0 Å². The number of carbonyl (C=O) groups excluding carboxylic acids is 1. The van der Waals surface area contributed by atoms with E-state index in [9.17, 15) is 4.79 Å². The standard InChI is InChI=1S/C11H14N4O/c1-9(16)12-6-4-5-10-7-13-11(14-8-10)15(2)3/h7-8H,6H2,1-3H3,(H,12,16). The third-order valence-electron chi connectivity index (χ3n) is 1.70. The van der Waals surface area contributed by atoms with Crippen LogP contribution in [0, 0.1) is 11.8 Å². The highest BCUT2D eigenvalue weighted by molar-refractivity contribution is 5.73. The van der Waals surface area contributed by atoms with Gasteiger partial charge >= 0.3 is 0 Å². The summed E-state index contributed by atoms with van der Waals surface area (Å²) in [4.78, 5) is 20.6. The lowest BCUT2D eigenvalue weighted by Gasteiger charge is -2.07. The van der Waals surface area contributed by atoms with Crippen LogP contribution in [0.3, 0.4) is 0 Å². The zero-order valence-corrected chi connectivity index (χ0v) is 9.61. The van der Waals surface area contributed by atoms with E-state index in [-0.39, 0.29) is 5.91 Å². The maximum Gasteiger partial charge on any atom is 0.224 e. The Labute approximate surface area is 94.9 Å². The molecule has 0 saturated carbocycles. The van der Waals surface area contributed by atoms with Gasteiger partial charge in [-0.15, -0.1) is 0 Å². The molecular formula is C11H14N4O. The first-order valence-electron chi connectivity index (χ1n) is 4.82. The van der Waals surface area contributed by atoms with Crippen molar-refractivity contribution in [2.45, 2.75) is 6.92 Å². The van der Waals surface area contributed by atoms with Crippen LogP contribution in [0.2, 0.25) is 0 Å². The van der Waals surface area contributed by atoms with Crippen molar-refractivity contribution in [3.8, 4) is 11.8 Å². The second-order valence-corrected chi connectivity index (χ2v) is 3.38. The van der Waals surface area contributed by atoms with Crippen molar-refractivity contribution in [2.24, 2.45) is 0 Å². The van der Waals surface area contributed by atoms with Gasteiger partial charge in [0.05, 0.1) is 12.1 Å². The van der Waals surface area contributed by atoms with Gasteiger partial charge in [-0.2, -0.15) is 0 Å². The van der Waals surface area contributed by atoms with E-state index < -0.39 is 0 Å². The van der Waals surface area contributed by atoms with E-state index in [1.54, 1.807) is 12.4 Å². The predicted octanol–water partition coefficient (Wildman–Crippen LogP) is 0.0302. The Morgan fingerprint density at radius 2 is 2.06 bits per heavy atom. The van der Waals surface area contributed by atoms with Gasteiger partial charge in [-0.05, 0) is 0 Å². The molecule has 5 nitrogen and oxygen atoms in total. The molecule has 0 unspecified atom stereocenters. The van der Waals surface area contributed by atoms with Gasteiger partial charge in [-0.25, -0.2) is 9.97 Å². The van der Waals surface area contributed by atoms with Gasteiger partial charge in [-0.3, -0.25) is 4.79 Å². The Morgan fingerprint density at radius 1 is 1.44 bits per heavy atom. The molecule has 1 N–H and O–H groups in total. The van der Waals surface area contributed by atoms with Crippen LogP contribution in [-0.4, -0.2) is 36.5 Å². The molecule has 0 aliphatic heterocycles. The summed E-state index contributed by atoms with van der Waals surface area (Å²) in [6, 6.07) is 0. The lowest BCUT2D eigenvalue weighted by Crippen LogP contribution is -2.19. The zero-order valence-electron chi connectivity index (χ0n) is 9.61. The molecule has 5 heteroatoms. The average Bonchev–Trinajstić information content (AvgIpc) is 2.25. The van der Waals surface area contributed by atoms with Crippen molar-refractivity contribution in [1.29, 1.82) is 0 Å². The number of nitrogens with zero attached hydrogens (tertiary/aromatic N) is 3. The molecule has 0 radical (unpaired) electrons. The van der Waals surface area contributed by atoms with Crippen LogP contribution < -0.4 is 10.2 Å². The van der Waals surface area contributed by atoms with E-state index >= 15 is 0 Å². The van der Waals surface area contributed by atoms with Gasteiger partial charge in [-0.1, -0.05) is 11.8 Å². The lowest BCUT2D eigenvalue weighted by molar-refractivity contribution is -0.118. The summed E-state index contributed by atoms with van der Waals surface area (Å²) in [7, 11) is 3.74. The SMILES string of the molecule is CC(=O)NCC#Cc1cnc(N(C)C)nc1. The quantitative estimate of drug-likeness (QED) is 0.711. The fourth-order valence-electron chi connectivity index (χ4n) is 0.932. The monoisotopic (exact) mass is 218 g/mol. The molecule has 0 spiro atoms. The van der Waals surface area contributed by atoms with Gasteiger partial charge in [0, 0.05) is 33.4 Å². The number of hydrogen-bond acceptors (Lipinski definition) is 4. The fraction of sp³-hybridized carbons (Fsp3) is 0.364. The van der Waals surface area contributed by atoms with Crippen molar-refractivity contribution >= 4 is 11.9 Å². The molecule has 1 heterocycles. The average molecular weight is 218 g/mol. The summed E-state index contributed by atoms with van der Waals surface area (Å²) in [6.07, 6.45) is 3.31. The maximum absolute atomic E-state index is 10.6. The van der Waals surface area contributed by atoms with Crippen molar-refractivity contribution in [3.63, 3.8) is 0 Å². The second kappa shape index (κ2) is 5.71. The van der Waals surface area contributed by atoms with Crippen LogP contribution in [0.1, 0.15) is 12.5 Å². The Hall–Kier alpha value is -2.09. The van der Waals surface area contributed by atoms with Crippen LogP contribution in [0.15, 0.2) is 12.4 Å². The molecule has 0 bridgehead atoms. The van der Waals surface area contributed by atoms with Gasteiger partial charge in [0.25, 0.3) is 0 Å². The molecule has 0 saturated heterocycles. The van der Waals surface area contributed by atoms with Gasteiger partial charge in [0.15, 0.2) is 0 Å². The molecule has 84 valence electrons. The van der Waals surface area contributed by atoms with Crippen LogP contribution >= 0.6 is 0 Å². The summed E-state index contributed by atoms with van der Waals surface area (Å²) < 4.78 is 0. The van der Waals surface area contributed by atoms with Crippen molar-refractivity contribution in [2.75, 3.05) is 25.5 Å². The van der Waals surface area contributed by atoms with Gasteiger partial charge in [0.1, 0.15) is 0 Å². The molecule has 0 atom stereocenters. The molecule has 1 amide bonds. The van der Waals surface area contributed by atoms with Crippen LogP contribution in [0.5, 0.6) is 0 Å². The molecule has 0 aromatic carbocycles. The number of anilines is 1. The van der Waals surface area contributed by atoms with Crippen LogP contribution in [-0.2, 0) is 4.79 Å². The van der Waals surface area contributed by atoms with E-state index in [0.717, 1.165) is 5.56 Å². The van der Waals surface area contributed by atoms with Gasteiger partial charge in [0.2, 0.25) is 11.9 Å². The summed E-state index contributed by atoms with van der Waals surface area (Å²) in [6.45, 7) is 1.79. The minimum absolute atomic E-state index is 0.0893. The molecule has 0 aliphatic carbocycles.